The highest BCUT2D eigenvalue weighted by Crippen LogP contribution is 2.42. The number of halogens is 1. The number of methoxy groups -OCH3 is 1. The summed E-state index contributed by atoms with van der Waals surface area (Å²) in [5, 5.41) is 1.39. The van der Waals surface area contributed by atoms with Crippen molar-refractivity contribution in [3.05, 3.63) is 17.5 Å². The zero-order chi connectivity index (χ0) is 26.9. The average molecular weight is 524 g/mol. The number of amides is 2. The van der Waals surface area contributed by atoms with Crippen LogP contribution in [-0.2, 0) is 24.5 Å². The van der Waals surface area contributed by atoms with Crippen LogP contribution in [0, 0.1) is 0 Å². The first-order valence-corrected chi connectivity index (χ1v) is 12.2. The van der Waals surface area contributed by atoms with E-state index in [4.69, 9.17) is 25.8 Å². The molecule has 3 rings (SSSR count). The molecule has 198 valence electrons. The number of fused-ring (bicyclic) bond motifs is 1. The maximum absolute atomic E-state index is 13.4. The van der Waals surface area contributed by atoms with Crippen LogP contribution >= 0.6 is 11.6 Å². The van der Waals surface area contributed by atoms with E-state index < -0.39 is 34.9 Å². The molecule has 1 saturated carbocycles. The molecule has 1 N–H and O–H groups in total. The number of aromatic nitrogens is 3. The van der Waals surface area contributed by atoms with Gasteiger partial charge in [-0.1, -0.05) is 19.3 Å². The van der Waals surface area contributed by atoms with Gasteiger partial charge in [-0.2, -0.15) is 9.99 Å². The minimum Gasteiger partial charge on any atom is -0.467 e. The van der Waals surface area contributed by atoms with Crippen LogP contribution in [0.5, 0.6) is 0 Å². The Bertz CT molecular complexity index is 1140. The topological polar surface area (TPSA) is 125 Å². The highest BCUT2D eigenvalue weighted by Gasteiger charge is 2.46. The Labute approximate surface area is 215 Å². The number of nitrogens with zero attached hydrogens (tertiary/aromatic N) is 4. The lowest BCUT2D eigenvalue weighted by Gasteiger charge is -2.39. The second kappa shape index (κ2) is 10.1. The fourth-order valence-corrected chi connectivity index (χ4v) is 4.41. The standard InChI is InChI=1S/C24H34ClN5O6/c1-22(2,3)35-20(32)28-30(21(33)36-23(4,5)6)16-13-15-14-26-19(25)27-17(15)29(16)24(18(31)34-7)11-9-8-10-12-24/h13-14H,8-12H2,1-7H3,(H,28,32). The van der Waals surface area contributed by atoms with Crippen LogP contribution in [0.3, 0.4) is 0 Å². The third kappa shape index (κ3) is 6.00. The minimum absolute atomic E-state index is 0.0341. The second-order valence-electron chi connectivity index (χ2n) is 10.8. The Kier molecular flexibility index (Phi) is 7.73. The van der Waals surface area contributed by atoms with Crippen LogP contribution in [0.1, 0.15) is 73.6 Å². The number of hydrogen-bond acceptors (Lipinski definition) is 8. The summed E-state index contributed by atoms with van der Waals surface area (Å²) in [6.45, 7) is 10.2. The van der Waals surface area contributed by atoms with E-state index in [0.717, 1.165) is 24.3 Å². The van der Waals surface area contributed by atoms with E-state index in [1.807, 2.05) is 0 Å². The normalized spacial score (nSPS) is 15.8. The molecule has 0 aliphatic heterocycles. The largest absolute Gasteiger partial charge is 0.467 e. The summed E-state index contributed by atoms with van der Waals surface area (Å²) in [6.07, 6.45) is 3.03. The van der Waals surface area contributed by atoms with Crippen LogP contribution in [0.25, 0.3) is 11.0 Å². The number of carbonyl (C=O) groups is 3. The van der Waals surface area contributed by atoms with Gasteiger partial charge in [0.1, 0.15) is 28.2 Å². The molecular weight excluding hydrogens is 490 g/mol. The Morgan fingerprint density at radius 2 is 1.67 bits per heavy atom. The number of hydrogen-bond donors (Lipinski definition) is 1. The SMILES string of the molecule is COC(=O)C1(n2c(N(NC(=O)OC(C)(C)C)C(=O)OC(C)(C)C)cc3cnc(Cl)nc32)CCCCC1. The lowest BCUT2D eigenvalue weighted by molar-refractivity contribution is -0.153. The first-order valence-electron chi connectivity index (χ1n) is 11.8. The zero-order valence-corrected chi connectivity index (χ0v) is 22.6. The predicted octanol–water partition coefficient (Wildman–Crippen LogP) is 5.10. The quantitative estimate of drug-likeness (QED) is 0.255. The highest BCUT2D eigenvalue weighted by molar-refractivity contribution is 6.28. The van der Waals surface area contributed by atoms with Crippen LogP contribution in [0.2, 0.25) is 5.28 Å². The minimum atomic E-state index is -1.20. The molecule has 36 heavy (non-hydrogen) atoms. The molecule has 11 nitrogen and oxygen atoms in total. The van der Waals surface area contributed by atoms with Crippen molar-refractivity contribution in [2.75, 3.05) is 12.1 Å². The van der Waals surface area contributed by atoms with E-state index in [-0.39, 0.29) is 11.1 Å². The Hall–Kier alpha value is -3.08. The molecule has 0 radical (unpaired) electrons. The van der Waals surface area contributed by atoms with Crippen molar-refractivity contribution in [2.24, 2.45) is 0 Å². The summed E-state index contributed by atoms with van der Waals surface area (Å²) >= 11 is 6.14. The first-order chi connectivity index (χ1) is 16.7. The van der Waals surface area contributed by atoms with Gasteiger partial charge in [-0.25, -0.2) is 24.8 Å². The lowest BCUT2D eigenvalue weighted by Crippen LogP contribution is -2.53. The van der Waals surface area contributed by atoms with Gasteiger partial charge in [-0.05, 0) is 72.1 Å². The number of carbonyl (C=O) groups excluding carboxylic acids is 3. The van der Waals surface area contributed by atoms with Crippen molar-refractivity contribution in [1.29, 1.82) is 0 Å². The van der Waals surface area contributed by atoms with Crippen molar-refractivity contribution >= 4 is 46.6 Å². The number of esters is 1. The average Bonchev–Trinajstić information content (AvgIpc) is 3.13. The fourth-order valence-electron chi connectivity index (χ4n) is 4.28. The molecular formula is C24H34ClN5O6. The second-order valence-corrected chi connectivity index (χ2v) is 11.1. The van der Waals surface area contributed by atoms with Gasteiger partial charge >= 0.3 is 18.2 Å². The van der Waals surface area contributed by atoms with Gasteiger partial charge in [0.2, 0.25) is 5.28 Å². The third-order valence-corrected chi connectivity index (χ3v) is 5.76. The Balaban J connectivity index is 2.27. The molecule has 1 aliphatic rings. The molecule has 12 heteroatoms. The van der Waals surface area contributed by atoms with Crippen LogP contribution < -0.4 is 10.4 Å². The predicted molar refractivity (Wildman–Crippen MR) is 134 cm³/mol. The van der Waals surface area contributed by atoms with E-state index in [1.54, 1.807) is 52.2 Å². The number of nitrogens with one attached hydrogen (secondary N) is 1. The number of anilines is 1. The maximum Gasteiger partial charge on any atom is 0.435 e. The van der Waals surface area contributed by atoms with Gasteiger partial charge in [0.25, 0.3) is 0 Å². The van der Waals surface area contributed by atoms with Crippen LogP contribution in [0.4, 0.5) is 15.4 Å². The molecule has 1 aliphatic carbocycles. The molecule has 2 aromatic rings. The van der Waals surface area contributed by atoms with Crippen LogP contribution in [0.15, 0.2) is 12.3 Å². The highest BCUT2D eigenvalue weighted by atomic mass is 35.5. The maximum atomic E-state index is 13.4. The van der Waals surface area contributed by atoms with Crippen molar-refractivity contribution in [3.63, 3.8) is 0 Å². The van der Waals surface area contributed by atoms with Crippen molar-refractivity contribution < 1.29 is 28.6 Å². The molecule has 0 saturated heterocycles. The van der Waals surface area contributed by atoms with Crippen LogP contribution in [-0.4, -0.2) is 51.0 Å². The van der Waals surface area contributed by atoms with E-state index in [0.29, 0.717) is 23.9 Å². The Morgan fingerprint density at radius 3 is 2.22 bits per heavy atom. The molecule has 0 aromatic carbocycles. The van der Waals surface area contributed by atoms with Gasteiger partial charge < -0.3 is 14.2 Å². The molecule has 0 bridgehead atoms. The fraction of sp³-hybridized carbons (Fsp3) is 0.625. The number of hydrazine groups is 1. The van der Waals surface area contributed by atoms with Gasteiger partial charge in [-0.15, -0.1) is 0 Å². The number of rotatable bonds is 3. The van der Waals surface area contributed by atoms with E-state index in [1.165, 1.54) is 13.3 Å². The summed E-state index contributed by atoms with van der Waals surface area (Å²) in [7, 11) is 1.32. The smallest absolute Gasteiger partial charge is 0.435 e. The summed E-state index contributed by atoms with van der Waals surface area (Å²) in [5.74, 6) is -0.355. The van der Waals surface area contributed by atoms with Gasteiger partial charge in [-0.3, -0.25) is 4.57 Å². The Morgan fingerprint density at radius 1 is 1.06 bits per heavy atom. The lowest BCUT2D eigenvalue weighted by atomic mass is 9.81. The zero-order valence-electron chi connectivity index (χ0n) is 21.8. The first kappa shape index (κ1) is 27.5. The van der Waals surface area contributed by atoms with Crippen molar-refractivity contribution in [1.82, 2.24) is 20.0 Å². The summed E-state index contributed by atoms with van der Waals surface area (Å²) in [6, 6.07) is 1.59. The van der Waals surface area contributed by atoms with Crippen molar-refractivity contribution in [2.45, 2.75) is 90.4 Å². The number of ether oxygens (including phenoxy) is 3. The van der Waals surface area contributed by atoms with Crippen molar-refractivity contribution in [3.8, 4) is 0 Å². The molecule has 0 atom stereocenters. The molecule has 1 fully saturated rings. The summed E-state index contributed by atoms with van der Waals surface area (Å²) in [4.78, 5) is 48.0. The van der Waals surface area contributed by atoms with Gasteiger partial charge in [0.05, 0.1) is 7.11 Å². The van der Waals surface area contributed by atoms with E-state index in [2.05, 4.69) is 15.4 Å². The third-order valence-electron chi connectivity index (χ3n) is 5.57. The van der Waals surface area contributed by atoms with E-state index in [9.17, 15) is 14.4 Å². The molecule has 0 unspecified atom stereocenters. The summed E-state index contributed by atoms with van der Waals surface area (Å²) in [5.41, 5.74) is -0.102. The molecule has 2 heterocycles. The monoisotopic (exact) mass is 523 g/mol. The summed E-state index contributed by atoms with van der Waals surface area (Å²) < 4.78 is 17.8. The van der Waals surface area contributed by atoms with E-state index >= 15 is 0 Å². The van der Waals surface area contributed by atoms with Gasteiger partial charge in [0, 0.05) is 11.6 Å². The molecule has 2 amide bonds. The molecule has 0 spiro atoms. The molecule has 2 aromatic heterocycles. The van der Waals surface area contributed by atoms with Gasteiger partial charge in [0.15, 0.2) is 0 Å².